The molecule has 1 fully saturated rings. The first-order valence-corrected chi connectivity index (χ1v) is 12.9. The lowest BCUT2D eigenvalue weighted by Gasteiger charge is -2.28. The predicted molar refractivity (Wildman–Crippen MR) is 133 cm³/mol. The summed E-state index contributed by atoms with van der Waals surface area (Å²) in [5.74, 6) is 1.06. The van der Waals surface area contributed by atoms with Gasteiger partial charge in [0.15, 0.2) is 5.69 Å². The number of methoxy groups -OCH3 is 1. The molecule has 1 N–H and O–H groups in total. The molecule has 3 aromatic rings. The fourth-order valence-electron chi connectivity index (χ4n) is 4.24. The second kappa shape index (κ2) is 10.5. The summed E-state index contributed by atoms with van der Waals surface area (Å²) in [7, 11) is 1.66. The fourth-order valence-corrected chi connectivity index (χ4v) is 5.00. The van der Waals surface area contributed by atoms with Gasteiger partial charge in [-0.3, -0.25) is 14.3 Å². The third kappa shape index (κ3) is 5.67. The van der Waals surface area contributed by atoms with Crippen molar-refractivity contribution in [2.75, 3.05) is 19.4 Å². The number of fused-ring (bicyclic) bond motifs is 1. The molecule has 0 radical (unpaired) electrons. The van der Waals surface area contributed by atoms with Crippen LogP contribution in [0.5, 0.6) is 5.75 Å². The predicted octanol–water partition coefficient (Wildman–Crippen LogP) is 3.10. The summed E-state index contributed by atoms with van der Waals surface area (Å²) in [6.45, 7) is 1.70. The number of nitrogens with one attached hydrogen (secondary N) is 1. The lowest BCUT2D eigenvalue weighted by molar-refractivity contribution is -0.129. The fraction of sp³-hybridized carbons (Fsp3) is 0.385. The summed E-state index contributed by atoms with van der Waals surface area (Å²) in [4.78, 5) is 32.1. The molecule has 1 saturated carbocycles. The molecule has 2 aromatic heterocycles. The molecule has 1 aliphatic carbocycles. The van der Waals surface area contributed by atoms with Gasteiger partial charge in [-0.1, -0.05) is 30.0 Å². The summed E-state index contributed by atoms with van der Waals surface area (Å²) >= 11 is 1.43. The van der Waals surface area contributed by atoms with Gasteiger partial charge in [-0.2, -0.15) is 5.10 Å². The average molecular weight is 492 g/mol. The molecule has 2 amide bonds. The van der Waals surface area contributed by atoms with Crippen LogP contribution >= 0.6 is 11.8 Å². The Bertz CT molecular complexity index is 1190. The van der Waals surface area contributed by atoms with E-state index in [4.69, 9.17) is 9.84 Å². The summed E-state index contributed by atoms with van der Waals surface area (Å²) < 4.78 is 7.21. The number of aryl methyl sites for hydroxylation is 2. The van der Waals surface area contributed by atoms with Gasteiger partial charge in [0.25, 0.3) is 5.91 Å². The largest absolute Gasteiger partial charge is 0.497 e. The van der Waals surface area contributed by atoms with Gasteiger partial charge in [0, 0.05) is 49.6 Å². The van der Waals surface area contributed by atoms with E-state index < -0.39 is 0 Å². The van der Waals surface area contributed by atoms with Crippen molar-refractivity contribution in [2.24, 2.45) is 0 Å². The van der Waals surface area contributed by atoms with Crippen LogP contribution in [0.3, 0.4) is 0 Å². The van der Waals surface area contributed by atoms with Crippen molar-refractivity contribution in [1.82, 2.24) is 25.0 Å². The number of benzene rings is 1. The highest BCUT2D eigenvalue weighted by molar-refractivity contribution is 7.99. The molecule has 5 rings (SSSR count). The minimum absolute atomic E-state index is 0.0471. The van der Waals surface area contributed by atoms with E-state index in [1.807, 2.05) is 39.9 Å². The Balaban J connectivity index is 1.30. The number of pyridine rings is 1. The molecule has 2 aliphatic rings. The van der Waals surface area contributed by atoms with E-state index in [1.165, 1.54) is 17.3 Å². The van der Waals surface area contributed by atoms with Crippen LogP contribution in [-0.2, 0) is 30.7 Å². The molecule has 0 saturated heterocycles. The number of nitrogens with zero attached hydrogens (tertiary/aromatic N) is 4. The van der Waals surface area contributed by atoms with Gasteiger partial charge in [0.05, 0.1) is 17.9 Å². The van der Waals surface area contributed by atoms with Gasteiger partial charge in [-0.25, -0.2) is 4.98 Å². The van der Waals surface area contributed by atoms with Gasteiger partial charge in [0.1, 0.15) is 5.75 Å². The Hall–Kier alpha value is -3.33. The number of rotatable bonds is 9. The summed E-state index contributed by atoms with van der Waals surface area (Å²) in [5.41, 5.74) is 3.57. The average Bonchev–Trinajstić information content (AvgIpc) is 3.64. The molecule has 0 unspecified atom stereocenters. The number of carbonyl (C=O) groups excluding carboxylic acids is 2. The third-order valence-corrected chi connectivity index (χ3v) is 7.30. The van der Waals surface area contributed by atoms with Gasteiger partial charge in [0.2, 0.25) is 5.91 Å². The zero-order valence-corrected chi connectivity index (χ0v) is 20.6. The van der Waals surface area contributed by atoms with Crippen LogP contribution < -0.4 is 10.1 Å². The van der Waals surface area contributed by atoms with E-state index in [2.05, 4.69) is 22.4 Å². The monoisotopic (exact) mass is 491 g/mol. The minimum Gasteiger partial charge on any atom is -0.497 e. The maximum Gasteiger partial charge on any atom is 0.272 e. The first-order chi connectivity index (χ1) is 17.1. The van der Waals surface area contributed by atoms with Crippen LogP contribution in [-0.4, -0.2) is 56.9 Å². The lowest BCUT2D eigenvalue weighted by atomic mass is 10.0. The summed E-state index contributed by atoms with van der Waals surface area (Å²) in [5, 5.41) is 8.63. The molecular formula is C26H29N5O3S. The van der Waals surface area contributed by atoms with Crippen LogP contribution in [0.4, 0.5) is 0 Å². The minimum atomic E-state index is -0.135. The number of carbonyl (C=O) groups is 2. The van der Waals surface area contributed by atoms with Crippen molar-refractivity contribution < 1.29 is 14.3 Å². The van der Waals surface area contributed by atoms with Crippen LogP contribution in [0.15, 0.2) is 53.7 Å². The van der Waals surface area contributed by atoms with Gasteiger partial charge < -0.3 is 15.0 Å². The number of hydrogen-bond acceptors (Lipinski definition) is 6. The van der Waals surface area contributed by atoms with E-state index in [9.17, 15) is 9.59 Å². The molecule has 9 heteroatoms. The summed E-state index contributed by atoms with van der Waals surface area (Å²) in [6, 6.07) is 13.9. The van der Waals surface area contributed by atoms with Gasteiger partial charge in [-0.05, 0) is 49.1 Å². The van der Waals surface area contributed by atoms with Crippen molar-refractivity contribution >= 4 is 23.6 Å². The molecule has 35 heavy (non-hydrogen) atoms. The molecule has 1 aliphatic heterocycles. The SMILES string of the molecule is COc1ccc(CCn2nc(C(=O)NC3CC3)c3c2CCN(C(=O)CSc2ccccn2)C3)cc1. The van der Waals surface area contributed by atoms with Crippen LogP contribution in [0.25, 0.3) is 0 Å². The quantitative estimate of drug-likeness (QED) is 0.463. The number of thioether (sulfide) groups is 1. The Morgan fingerprint density at radius 3 is 2.71 bits per heavy atom. The van der Waals surface area contributed by atoms with Gasteiger partial charge >= 0.3 is 0 Å². The standard InChI is InChI=1S/C26H29N5O3S/c1-34-20-9-5-18(6-10-20)11-15-31-22-12-14-30(24(32)17-35-23-4-2-3-13-27-23)16-21(22)25(29-31)26(33)28-19-7-8-19/h2-6,9-10,13,19H,7-8,11-12,14-17H2,1H3,(H,28,33). The molecule has 8 nitrogen and oxygen atoms in total. The normalized spacial score (nSPS) is 14.9. The van der Waals surface area contributed by atoms with Crippen LogP contribution in [0.2, 0.25) is 0 Å². The first kappa shape index (κ1) is 23.4. The van der Waals surface area contributed by atoms with Crippen LogP contribution in [0.1, 0.15) is 40.2 Å². The van der Waals surface area contributed by atoms with Crippen molar-refractivity contribution in [2.45, 2.75) is 49.8 Å². The number of hydrogen-bond donors (Lipinski definition) is 1. The highest BCUT2D eigenvalue weighted by Crippen LogP contribution is 2.26. The molecular weight excluding hydrogens is 462 g/mol. The van der Waals surface area contributed by atoms with Crippen molar-refractivity contribution in [1.29, 1.82) is 0 Å². The Morgan fingerprint density at radius 2 is 2.00 bits per heavy atom. The second-order valence-electron chi connectivity index (χ2n) is 8.86. The molecule has 1 aromatic carbocycles. The topological polar surface area (TPSA) is 89.4 Å². The number of amides is 2. The highest BCUT2D eigenvalue weighted by Gasteiger charge is 2.32. The molecule has 0 atom stereocenters. The smallest absolute Gasteiger partial charge is 0.272 e. The van der Waals surface area contributed by atoms with Crippen molar-refractivity contribution in [3.63, 3.8) is 0 Å². The van der Waals surface area contributed by atoms with Crippen molar-refractivity contribution in [3.05, 3.63) is 71.2 Å². The maximum absolute atomic E-state index is 13.0. The number of aromatic nitrogens is 3. The molecule has 0 bridgehead atoms. The van der Waals surface area contributed by atoms with Crippen LogP contribution in [0, 0.1) is 0 Å². The van der Waals surface area contributed by atoms with E-state index in [-0.39, 0.29) is 17.9 Å². The maximum atomic E-state index is 13.0. The zero-order chi connectivity index (χ0) is 24.2. The summed E-state index contributed by atoms with van der Waals surface area (Å²) in [6.07, 6.45) is 5.24. The molecule has 3 heterocycles. The Morgan fingerprint density at radius 1 is 1.17 bits per heavy atom. The second-order valence-corrected chi connectivity index (χ2v) is 9.86. The van der Waals surface area contributed by atoms with Crippen molar-refractivity contribution in [3.8, 4) is 5.75 Å². The lowest BCUT2D eigenvalue weighted by Crippen LogP contribution is -2.38. The zero-order valence-electron chi connectivity index (χ0n) is 19.8. The first-order valence-electron chi connectivity index (χ1n) is 11.9. The highest BCUT2D eigenvalue weighted by atomic mass is 32.2. The van der Waals surface area contributed by atoms with Gasteiger partial charge in [-0.15, -0.1) is 0 Å². The number of ether oxygens (including phenoxy) is 1. The Kier molecular flexibility index (Phi) is 7.03. The van der Waals surface area contributed by atoms with E-state index in [1.54, 1.807) is 13.3 Å². The molecule has 0 spiro atoms. The van der Waals surface area contributed by atoms with E-state index >= 15 is 0 Å². The Labute approximate surface area is 209 Å². The van der Waals surface area contributed by atoms with E-state index in [0.717, 1.165) is 41.3 Å². The third-order valence-electron chi connectivity index (χ3n) is 6.37. The molecule has 182 valence electrons. The van der Waals surface area contributed by atoms with E-state index in [0.29, 0.717) is 37.5 Å².